The van der Waals surface area contributed by atoms with Crippen LogP contribution in [0.25, 0.3) is 21.8 Å². The molecule has 3 aromatic carbocycles. The van der Waals surface area contributed by atoms with Crippen molar-refractivity contribution in [1.82, 2.24) is 9.88 Å². The van der Waals surface area contributed by atoms with Crippen molar-refractivity contribution in [2.24, 2.45) is 0 Å². The maximum absolute atomic E-state index is 8.99. The van der Waals surface area contributed by atoms with E-state index in [9.17, 15) is 0 Å². The first-order valence-corrected chi connectivity index (χ1v) is 11.6. The van der Waals surface area contributed by atoms with E-state index in [0.717, 1.165) is 65.7 Å². The van der Waals surface area contributed by atoms with E-state index in [1.165, 1.54) is 5.56 Å². The largest absolute Gasteiger partial charge is 0.497 e. The number of fused-ring (bicyclic) bond motifs is 2. The fourth-order valence-electron chi connectivity index (χ4n) is 4.56. The molecule has 0 amide bonds. The van der Waals surface area contributed by atoms with Crippen molar-refractivity contribution in [3.63, 3.8) is 0 Å². The number of aromatic nitrogens is 1. The zero-order chi connectivity index (χ0) is 22.8. The topological polar surface area (TPSA) is 61.2 Å². The van der Waals surface area contributed by atoms with Crippen LogP contribution in [0.1, 0.15) is 24.0 Å². The van der Waals surface area contributed by atoms with Gasteiger partial charge in [0.1, 0.15) is 5.75 Å². The molecule has 0 atom stereocenters. The van der Waals surface area contributed by atoms with Gasteiger partial charge in [-0.25, -0.2) is 4.98 Å². The van der Waals surface area contributed by atoms with Crippen LogP contribution in [0.5, 0.6) is 5.75 Å². The predicted molar refractivity (Wildman–Crippen MR) is 134 cm³/mol. The molecule has 6 heteroatoms. The first-order chi connectivity index (χ1) is 16.1. The molecule has 0 radical (unpaired) electrons. The molecule has 1 aliphatic heterocycles. The highest BCUT2D eigenvalue weighted by Crippen LogP contribution is 2.35. The summed E-state index contributed by atoms with van der Waals surface area (Å²) in [7, 11) is 1.69. The molecule has 2 heterocycles. The summed E-state index contributed by atoms with van der Waals surface area (Å²) in [4.78, 5) is 7.31. The lowest BCUT2D eigenvalue weighted by molar-refractivity contribution is 0.211. The van der Waals surface area contributed by atoms with Crippen molar-refractivity contribution in [2.45, 2.75) is 25.4 Å². The van der Waals surface area contributed by atoms with Crippen LogP contribution in [0.3, 0.4) is 0 Å². The van der Waals surface area contributed by atoms with E-state index in [-0.39, 0.29) is 0 Å². The molecule has 0 unspecified atom stereocenters. The Labute approximate surface area is 198 Å². The average Bonchev–Trinajstić information content (AvgIpc) is 2.85. The van der Waals surface area contributed by atoms with Crippen molar-refractivity contribution in [1.29, 1.82) is 5.26 Å². The monoisotopic (exact) mass is 456 g/mol. The number of likely N-dealkylation sites (tertiary alicyclic amines) is 1. The van der Waals surface area contributed by atoms with Crippen LogP contribution in [0.15, 0.2) is 60.7 Å². The van der Waals surface area contributed by atoms with Gasteiger partial charge in [-0.2, -0.15) is 5.26 Å². The Morgan fingerprint density at radius 1 is 1.03 bits per heavy atom. The number of nitriles is 1. The molecule has 0 aliphatic carbocycles. The van der Waals surface area contributed by atoms with Gasteiger partial charge in [0.25, 0.3) is 0 Å². The molecule has 33 heavy (non-hydrogen) atoms. The van der Waals surface area contributed by atoms with Crippen LogP contribution in [-0.4, -0.2) is 36.1 Å². The van der Waals surface area contributed by atoms with Gasteiger partial charge in [0.05, 0.1) is 35.5 Å². The van der Waals surface area contributed by atoms with Gasteiger partial charge in [-0.3, -0.25) is 4.90 Å². The second-order valence-corrected chi connectivity index (χ2v) is 8.97. The molecular formula is C27H25ClN4O. The second kappa shape index (κ2) is 9.27. The number of hydrogen-bond donors (Lipinski definition) is 1. The second-order valence-electron chi connectivity index (χ2n) is 8.53. The number of pyridine rings is 1. The molecule has 1 aliphatic rings. The van der Waals surface area contributed by atoms with Crippen LogP contribution >= 0.6 is 11.6 Å². The Morgan fingerprint density at radius 3 is 2.55 bits per heavy atom. The number of methoxy groups -OCH3 is 1. The first kappa shape index (κ1) is 21.5. The van der Waals surface area contributed by atoms with E-state index in [1.54, 1.807) is 7.11 Å². The van der Waals surface area contributed by atoms with E-state index in [4.69, 9.17) is 26.6 Å². The van der Waals surface area contributed by atoms with Gasteiger partial charge in [0.2, 0.25) is 0 Å². The summed E-state index contributed by atoms with van der Waals surface area (Å²) in [5, 5.41) is 15.6. The summed E-state index contributed by atoms with van der Waals surface area (Å²) in [6, 6.07) is 22.3. The number of rotatable bonds is 5. The van der Waals surface area contributed by atoms with Crippen molar-refractivity contribution >= 4 is 39.1 Å². The van der Waals surface area contributed by atoms with Crippen LogP contribution in [0.4, 0.5) is 5.69 Å². The minimum atomic E-state index is 0.373. The molecular weight excluding hydrogens is 432 g/mol. The summed E-state index contributed by atoms with van der Waals surface area (Å²) in [5.41, 5.74) is 4.86. The smallest absolute Gasteiger partial charge is 0.119 e. The van der Waals surface area contributed by atoms with Crippen molar-refractivity contribution in [2.75, 3.05) is 25.5 Å². The first-order valence-electron chi connectivity index (χ1n) is 11.2. The van der Waals surface area contributed by atoms with Crippen LogP contribution < -0.4 is 10.1 Å². The number of nitrogens with zero attached hydrogens (tertiary/aromatic N) is 3. The number of hydrogen-bond acceptors (Lipinski definition) is 5. The highest BCUT2D eigenvalue weighted by atomic mass is 35.5. The van der Waals surface area contributed by atoms with Gasteiger partial charge < -0.3 is 10.1 Å². The summed E-state index contributed by atoms with van der Waals surface area (Å²) < 4.78 is 5.48. The molecule has 1 saturated heterocycles. The Bertz CT molecular complexity index is 1340. The quantitative estimate of drug-likeness (QED) is 0.373. The summed E-state index contributed by atoms with van der Waals surface area (Å²) >= 11 is 6.26. The average molecular weight is 457 g/mol. The van der Waals surface area contributed by atoms with E-state index >= 15 is 0 Å². The molecule has 4 aromatic rings. The SMILES string of the molecule is COc1ccc2nc3cc(Cl)ccc3c(NC3CCN(Cc4ccc(C#N)cc4)CC3)c2c1. The molecule has 5 nitrogen and oxygen atoms in total. The lowest BCUT2D eigenvalue weighted by Crippen LogP contribution is -2.38. The van der Waals surface area contributed by atoms with Crippen LogP contribution in [0.2, 0.25) is 5.02 Å². The van der Waals surface area contributed by atoms with E-state index < -0.39 is 0 Å². The Kier molecular flexibility index (Phi) is 6.04. The normalized spacial score (nSPS) is 14.9. The van der Waals surface area contributed by atoms with Crippen molar-refractivity contribution in [3.05, 3.63) is 76.8 Å². The number of ether oxygens (including phenoxy) is 1. The van der Waals surface area contributed by atoms with Gasteiger partial charge in [0, 0.05) is 41.5 Å². The Hall–Kier alpha value is -3.33. The zero-order valence-electron chi connectivity index (χ0n) is 18.5. The molecule has 0 spiro atoms. The maximum atomic E-state index is 8.99. The molecule has 1 N–H and O–H groups in total. The number of nitrogens with one attached hydrogen (secondary N) is 1. The molecule has 0 bridgehead atoms. The highest BCUT2D eigenvalue weighted by molar-refractivity contribution is 6.31. The van der Waals surface area contributed by atoms with Gasteiger partial charge in [-0.15, -0.1) is 0 Å². The van der Waals surface area contributed by atoms with Gasteiger partial charge in [0.15, 0.2) is 0 Å². The zero-order valence-corrected chi connectivity index (χ0v) is 19.3. The predicted octanol–water partition coefficient (Wildman–Crippen LogP) is 6.00. The molecule has 1 aromatic heterocycles. The van der Waals surface area contributed by atoms with Crippen molar-refractivity contribution in [3.8, 4) is 11.8 Å². The third-order valence-corrected chi connectivity index (χ3v) is 6.60. The minimum Gasteiger partial charge on any atom is -0.497 e. The number of halogens is 1. The third-order valence-electron chi connectivity index (χ3n) is 6.37. The lowest BCUT2D eigenvalue weighted by atomic mass is 10.0. The van der Waals surface area contributed by atoms with Gasteiger partial charge in [-0.05, 0) is 66.9 Å². The Morgan fingerprint density at radius 2 is 1.82 bits per heavy atom. The molecule has 1 fully saturated rings. The summed E-state index contributed by atoms with van der Waals surface area (Å²) in [6.07, 6.45) is 2.11. The summed E-state index contributed by atoms with van der Waals surface area (Å²) in [6.45, 7) is 2.96. The standard InChI is InChI=1S/C27H25ClN4O/c1-33-22-7-9-25-24(15-22)27(23-8-6-20(28)14-26(23)31-25)30-21-10-12-32(13-11-21)17-19-4-2-18(16-29)3-5-19/h2-9,14-15,21H,10-13,17H2,1H3,(H,30,31). The number of anilines is 1. The van der Waals surface area contributed by atoms with E-state index in [2.05, 4.69) is 34.5 Å². The Balaban J connectivity index is 1.36. The number of piperidine rings is 1. The van der Waals surface area contributed by atoms with E-state index in [0.29, 0.717) is 16.6 Å². The molecule has 5 rings (SSSR count). The summed E-state index contributed by atoms with van der Waals surface area (Å²) in [5.74, 6) is 0.817. The van der Waals surface area contributed by atoms with Gasteiger partial charge in [-0.1, -0.05) is 23.7 Å². The molecule has 0 saturated carbocycles. The van der Waals surface area contributed by atoms with Crippen molar-refractivity contribution < 1.29 is 4.74 Å². The highest BCUT2D eigenvalue weighted by Gasteiger charge is 2.21. The van der Waals surface area contributed by atoms with Crippen LogP contribution in [0, 0.1) is 11.3 Å². The maximum Gasteiger partial charge on any atom is 0.119 e. The van der Waals surface area contributed by atoms with E-state index in [1.807, 2.05) is 42.5 Å². The number of benzene rings is 3. The third kappa shape index (κ3) is 4.59. The van der Waals surface area contributed by atoms with Crippen LogP contribution in [-0.2, 0) is 6.54 Å². The van der Waals surface area contributed by atoms with Gasteiger partial charge >= 0.3 is 0 Å². The fourth-order valence-corrected chi connectivity index (χ4v) is 4.73. The fraction of sp³-hybridized carbons (Fsp3) is 0.259. The lowest BCUT2D eigenvalue weighted by Gasteiger charge is -2.33. The molecule has 166 valence electrons. The minimum absolute atomic E-state index is 0.373.